The van der Waals surface area contributed by atoms with Crippen LogP contribution in [-0.4, -0.2) is 17.7 Å². The highest BCUT2D eigenvalue weighted by Gasteiger charge is 2.19. The minimum atomic E-state index is -0.0810. The lowest BCUT2D eigenvalue weighted by atomic mass is 9.89. The summed E-state index contributed by atoms with van der Waals surface area (Å²) in [5.74, 6) is 0.939. The molecule has 1 unspecified atom stereocenters. The van der Waals surface area contributed by atoms with Crippen LogP contribution in [-0.2, 0) is 0 Å². The van der Waals surface area contributed by atoms with Crippen LogP contribution in [0.3, 0.4) is 0 Å². The zero-order valence-corrected chi connectivity index (χ0v) is 17.2. The SMILES string of the molecule is CCC(C(=O)c1ccc(OCCCCCCCBr)cc1)c1ccccc1. The number of halogens is 1. The van der Waals surface area contributed by atoms with Crippen molar-refractivity contribution in [2.45, 2.75) is 51.4 Å². The van der Waals surface area contributed by atoms with Gasteiger partial charge in [-0.3, -0.25) is 4.79 Å². The molecule has 0 heterocycles. The summed E-state index contributed by atoms with van der Waals surface area (Å²) in [4.78, 5) is 12.8. The molecule has 2 rings (SSSR count). The van der Waals surface area contributed by atoms with Crippen molar-refractivity contribution < 1.29 is 9.53 Å². The summed E-state index contributed by atoms with van der Waals surface area (Å²) < 4.78 is 5.80. The molecule has 1 atom stereocenters. The van der Waals surface area contributed by atoms with Gasteiger partial charge in [-0.1, -0.05) is 72.4 Å². The molecule has 26 heavy (non-hydrogen) atoms. The molecule has 0 aliphatic rings. The molecule has 0 saturated carbocycles. The number of benzene rings is 2. The molecule has 0 aromatic heterocycles. The van der Waals surface area contributed by atoms with Crippen LogP contribution in [0.4, 0.5) is 0 Å². The van der Waals surface area contributed by atoms with Crippen LogP contribution in [0, 0.1) is 0 Å². The lowest BCUT2D eigenvalue weighted by molar-refractivity contribution is 0.0957. The Hall–Kier alpha value is -1.61. The van der Waals surface area contributed by atoms with E-state index in [9.17, 15) is 4.79 Å². The zero-order valence-electron chi connectivity index (χ0n) is 15.6. The maximum atomic E-state index is 12.8. The highest BCUT2D eigenvalue weighted by Crippen LogP contribution is 2.25. The second-order valence-electron chi connectivity index (χ2n) is 6.57. The summed E-state index contributed by atoms with van der Waals surface area (Å²) in [6.45, 7) is 2.80. The number of alkyl halides is 1. The summed E-state index contributed by atoms with van der Waals surface area (Å²) >= 11 is 3.46. The van der Waals surface area contributed by atoms with Gasteiger partial charge >= 0.3 is 0 Å². The van der Waals surface area contributed by atoms with Crippen molar-refractivity contribution in [3.05, 3.63) is 65.7 Å². The number of hydrogen-bond donors (Lipinski definition) is 0. The van der Waals surface area contributed by atoms with Crippen molar-refractivity contribution in [3.8, 4) is 5.75 Å². The number of carbonyl (C=O) groups is 1. The Labute approximate surface area is 166 Å². The van der Waals surface area contributed by atoms with E-state index in [1.54, 1.807) is 0 Å². The molecule has 2 aromatic rings. The summed E-state index contributed by atoms with van der Waals surface area (Å²) in [7, 11) is 0. The smallest absolute Gasteiger partial charge is 0.170 e. The van der Waals surface area contributed by atoms with Gasteiger partial charge in [0.2, 0.25) is 0 Å². The largest absolute Gasteiger partial charge is 0.494 e. The van der Waals surface area contributed by atoms with Gasteiger partial charge in [-0.2, -0.15) is 0 Å². The van der Waals surface area contributed by atoms with E-state index in [0.29, 0.717) is 0 Å². The summed E-state index contributed by atoms with van der Waals surface area (Å²) in [6.07, 6.45) is 6.88. The fraction of sp³-hybridized carbons (Fsp3) is 0.435. The van der Waals surface area contributed by atoms with Gasteiger partial charge in [-0.15, -0.1) is 0 Å². The van der Waals surface area contributed by atoms with Crippen LogP contribution in [0.25, 0.3) is 0 Å². The van der Waals surface area contributed by atoms with E-state index in [-0.39, 0.29) is 11.7 Å². The summed E-state index contributed by atoms with van der Waals surface area (Å²) in [6, 6.07) is 17.6. The molecule has 0 fully saturated rings. The van der Waals surface area contributed by atoms with Crippen LogP contribution < -0.4 is 4.74 Å². The first-order chi connectivity index (χ1) is 12.8. The second kappa shape index (κ2) is 11.9. The number of rotatable bonds is 12. The van der Waals surface area contributed by atoms with Crippen LogP contribution in [0.1, 0.15) is 67.3 Å². The molecule has 0 N–H and O–H groups in total. The van der Waals surface area contributed by atoms with E-state index in [0.717, 1.165) is 41.7 Å². The van der Waals surface area contributed by atoms with Crippen molar-refractivity contribution in [3.63, 3.8) is 0 Å². The molecular weight excluding hydrogens is 388 g/mol. The molecule has 0 bridgehead atoms. The minimum absolute atomic E-state index is 0.0810. The van der Waals surface area contributed by atoms with Crippen LogP contribution in [0.2, 0.25) is 0 Å². The predicted octanol–water partition coefficient (Wildman–Crippen LogP) is 6.79. The highest BCUT2D eigenvalue weighted by molar-refractivity contribution is 9.09. The molecule has 0 amide bonds. The molecule has 0 aliphatic heterocycles. The second-order valence-corrected chi connectivity index (χ2v) is 7.36. The Morgan fingerprint density at radius 3 is 2.23 bits per heavy atom. The number of ether oxygens (including phenoxy) is 1. The molecular formula is C23H29BrO2. The van der Waals surface area contributed by atoms with E-state index in [1.165, 1.54) is 25.7 Å². The monoisotopic (exact) mass is 416 g/mol. The fourth-order valence-electron chi connectivity index (χ4n) is 3.09. The predicted molar refractivity (Wildman–Crippen MR) is 113 cm³/mol. The average Bonchev–Trinajstić information content (AvgIpc) is 2.69. The molecule has 2 nitrogen and oxygen atoms in total. The quantitative estimate of drug-likeness (QED) is 0.216. The molecule has 0 spiro atoms. The van der Waals surface area contributed by atoms with Crippen molar-refractivity contribution >= 4 is 21.7 Å². The molecule has 0 radical (unpaired) electrons. The van der Waals surface area contributed by atoms with Gasteiger partial charge in [0.25, 0.3) is 0 Å². The lowest BCUT2D eigenvalue weighted by Crippen LogP contribution is -2.12. The Bertz CT molecular complexity index is 637. The van der Waals surface area contributed by atoms with Crippen molar-refractivity contribution in [1.29, 1.82) is 0 Å². The van der Waals surface area contributed by atoms with E-state index in [4.69, 9.17) is 4.74 Å². The molecule has 0 saturated heterocycles. The van der Waals surface area contributed by atoms with Gasteiger partial charge in [-0.05, 0) is 49.1 Å². The first kappa shape index (κ1) is 20.7. The first-order valence-electron chi connectivity index (χ1n) is 9.64. The summed E-state index contributed by atoms with van der Waals surface area (Å²) in [5, 5.41) is 1.09. The number of carbonyl (C=O) groups excluding carboxylic acids is 1. The third-order valence-corrected chi connectivity index (χ3v) is 5.17. The number of unbranched alkanes of at least 4 members (excludes halogenated alkanes) is 4. The van der Waals surface area contributed by atoms with Crippen molar-refractivity contribution in [2.75, 3.05) is 11.9 Å². The van der Waals surface area contributed by atoms with Crippen molar-refractivity contribution in [2.24, 2.45) is 0 Å². The summed E-state index contributed by atoms with van der Waals surface area (Å²) in [5.41, 5.74) is 1.84. The molecule has 2 aromatic carbocycles. The highest BCUT2D eigenvalue weighted by atomic mass is 79.9. The normalized spacial score (nSPS) is 11.9. The van der Waals surface area contributed by atoms with E-state index in [2.05, 4.69) is 22.9 Å². The van der Waals surface area contributed by atoms with Gasteiger partial charge in [-0.25, -0.2) is 0 Å². The van der Waals surface area contributed by atoms with Gasteiger partial charge in [0.1, 0.15) is 5.75 Å². The Balaban J connectivity index is 1.83. The molecule has 140 valence electrons. The third-order valence-electron chi connectivity index (χ3n) is 4.61. The fourth-order valence-corrected chi connectivity index (χ4v) is 3.49. The lowest BCUT2D eigenvalue weighted by Gasteiger charge is -2.14. The van der Waals surface area contributed by atoms with Gasteiger partial charge in [0, 0.05) is 16.8 Å². The van der Waals surface area contributed by atoms with Crippen molar-refractivity contribution in [1.82, 2.24) is 0 Å². The average molecular weight is 417 g/mol. The first-order valence-corrected chi connectivity index (χ1v) is 10.8. The number of ketones is 1. The number of hydrogen-bond acceptors (Lipinski definition) is 2. The standard InChI is InChI=1S/C23H29BrO2/c1-2-22(19-11-7-6-8-12-19)23(25)20-13-15-21(16-14-20)26-18-10-5-3-4-9-17-24/h6-8,11-16,22H,2-5,9-10,17-18H2,1H3. The van der Waals surface area contributed by atoms with E-state index in [1.807, 2.05) is 54.6 Å². The molecule has 0 aliphatic carbocycles. The maximum Gasteiger partial charge on any atom is 0.170 e. The van der Waals surface area contributed by atoms with Crippen LogP contribution in [0.5, 0.6) is 5.75 Å². The minimum Gasteiger partial charge on any atom is -0.494 e. The van der Waals surface area contributed by atoms with Gasteiger partial charge in [0.05, 0.1) is 6.61 Å². The Morgan fingerprint density at radius 1 is 0.923 bits per heavy atom. The van der Waals surface area contributed by atoms with E-state index >= 15 is 0 Å². The maximum absolute atomic E-state index is 12.8. The van der Waals surface area contributed by atoms with Gasteiger partial charge in [0.15, 0.2) is 5.78 Å². The Morgan fingerprint density at radius 2 is 1.58 bits per heavy atom. The van der Waals surface area contributed by atoms with Gasteiger partial charge < -0.3 is 4.74 Å². The third kappa shape index (κ3) is 6.60. The van der Waals surface area contributed by atoms with Crippen LogP contribution >= 0.6 is 15.9 Å². The topological polar surface area (TPSA) is 26.3 Å². The number of Topliss-reactive ketones (excluding diaryl/α,β-unsaturated/α-hetero) is 1. The Kier molecular flexibility index (Phi) is 9.47. The van der Waals surface area contributed by atoms with Crippen LogP contribution in [0.15, 0.2) is 54.6 Å². The van der Waals surface area contributed by atoms with E-state index < -0.39 is 0 Å². The zero-order chi connectivity index (χ0) is 18.6. The molecule has 3 heteroatoms.